The molecule has 0 bridgehead atoms. The number of carbonyl (C=O) groups excluding carboxylic acids is 2. The van der Waals surface area contributed by atoms with Crippen LogP contribution in [0.5, 0.6) is 0 Å². The van der Waals surface area contributed by atoms with Crippen molar-refractivity contribution < 1.29 is 14.0 Å². The largest absolute Gasteiger partial charge is 0.332 e. The van der Waals surface area contributed by atoms with Crippen molar-refractivity contribution in [2.45, 2.75) is 13.0 Å². The molecule has 3 amide bonds. The number of nitrogens with zero attached hydrogens (tertiary/aromatic N) is 1. The second kappa shape index (κ2) is 9.65. The third-order valence-corrected chi connectivity index (χ3v) is 5.06. The Morgan fingerprint density at radius 2 is 1.63 bits per heavy atom. The lowest BCUT2D eigenvalue weighted by atomic mass is 10.1. The van der Waals surface area contributed by atoms with Crippen LogP contribution in [0, 0.1) is 5.82 Å². The Labute approximate surface area is 184 Å². The molecule has 0 aliphatic heterocycles. The van der Waals surface area contributed by atoms with Gasteiger partial charge in [0.25, 0.3) is 5.91 Å². The molecule has 0 heterocycles. The smallest absolute Gasteiger partial charge is 0.330 e. The van der Waals surface area contributed by atoms with E-state index in [-0.39, 0.29) is 11.6 Å². The zero-order valence-corrected chi connectivity index (χ0v) is 17.6. The summed E-state index contributed by atoms with van der Waals surface area (Å²) in [7, 11) is 0. The highest BCUT2D eigenvalue weighted by Crippen LogP contribution is 2.22. The van der Waals surface area contributed by atoms with Crippen LogP contribution in [0.4, 0.5) is 20.6 Å². The van der Waals surface area contributed by atoms with Crippen molar-refractivity contribution in [3.05, 3.63) is 94.8 Å². The van der Waals surface area contributed by atoms with Crippen LogP contribution in [-0.4, -0.2) is 11.9 Å². The van der Waals surface area contributed by atoms with Gasteiger partial charge in [0.2, 0.25) is 0 Å². The van der Waals surface area contributed by atoms with Crippen molar-refractivity contribution in [3.8, 4) is 0 Å². The van der Waals surface area contributed by atoms with Gasteiger partial charge in [-0.15, -0.1) is 0 Å². The van der Waals surface area contributed by atoms with Crippen LogP contribution in [0.3, 0.4) is 0 Å². The van der Waals surface area contributed by atoms with E-state index in [1.807, 2.05) is 19.1 Å². The van der Waals surface area contributed by atoms with E-state index in [4.69, 9.17) is 11.6 Å². The van der Waals surface area contributed by atoms with Crippen molar-refractivity contribution >= 4 is 47.7 Å². The first kappa shape index (κ1) is 21.7. The van der Waals surface area contributed by atoms with Gasteiger partial charge < -0.3 is 10.6 Å². The molecule has 0 aromatic heterocycles. The summed E-state index contributed by atoms with van der Waals surface area (Å²) in [6.07, 6.45) is 0. The predicted molar refractivity (Wildman–Crippen MR) is 121 cm³/mol. The second-order valence-electron chi connectivity index (χ2n) is 6.52. The first-order chi connectivity index (χ1) is 14.3. The van der Waals surface area contributed by atoms with Gasteiger partial charge in [0.05, 0.1) is 17.3 Å². The maximum atomic E-state index is 13.7. The van der Waals surface area contributed by atoms with Crippen LogP contribution in [-0.2, 0) is 0 Å². The van der Waals surface area contributed by atoms with Gasteiger partial charge in [0.15, 0.2) is 0 Å². The van der Waals surface area contributed by atoms with Gasteiger partial charge in [0.1, 0.15) is 5.82 Å². The topological polar surface area (TPSA) is 61.4 Å². The molecule has 0 aliphatic rings. The number of nitrogens with one attached hydrogen (secondary N) is 2. The van der Waals surface area contributed by atoms with E-state index in [9.17, 15) is 14.0 Å². The quantitative estimate of drug-likeness (QED) is 0.433. The third kappa shape index (κ3) is 5.31. The Bertz CT molecular complexity index is 1050. The van der Waals surface area contributed by atoms with Crippen LogP contribution in [0.1, 0.15) is 28.9 Å². The fraction of sp³-hybridized carbons (Fsp3) is 0.0909. The van der Waals surface area contributed by atoms with Crippen molar-refractivity contribution in [1.29, 1.82) is 0 Å². The molecule has 0 unspecified atom stereocenters. The summed E-state index contributed by atoms with van der Waals surface area (Å²) in [4.78, 5) is 24.7. The molecule has 0 fully saturated rings. The highest BCUT2D eigenvalue weighted by Gasteiger charge is 2.16. The van der Waals surface area contributed by atoms with E-state index in [1.54, 1.807) is 42.5 Å². The van der Waals surface area contributed by atoms with Gasteiger partial charge in [-0.1, -0.05) is 48.7 Å². The number of amides is 3. The monoisotopic (exact) mass is 443 g/mol. The zero-order chi connectivity index (χ0) is 21.7. The summed E-state index contributed by atoms with van der Waals surface area (Å²) in [6, 6.07) is 18.7. The first-order valence-electron chi connectivity index (χ1n) is 9.06. The molecule has 0 radical (unpaired) electrons. The van der Waals surface area contributed by atoms with Gasteiger partial charge in [-0.3, -0.25) is 4.79 Å². The normalized spacial score (nSPS) is 11.5. The summed E-state index contributed by atoms with van der Waals surface area (Å²) >= 11 is 10.1. The molecule has 0 saturated heterocycles. The van der Waals surface area contributed by atoms with Crippen LogP contribution in [0.25, 0.3) is 0 Å². The molecule has 1 atom stereocenters. The summed E-state index contributed by atoms with van der Waals surface area (Å²) in [5, 5.41) is 6.08. The molecule has 0 saturated carbocycles. The Hall–Kier alpha value is -3.03. The fourth-order valence-electron chi connectivity index (χ4n) is 2.73. The maximum absolute atomic E-state index is 13.7. The number of hydrogen-bond donors (Lipinski definition) is 3. The zero-order valence-electron chi connectivity index (χ0n) is 16.0. The van der Waals surface area contributed by atoms with E-state index in [0.29, 0.717) is 16.4 Å². The van der Waals surface area contributed by atoms with Gasteiger partial charge in [0, 0.05) is 10.7 Å². The summed E-state index contributed by atoms with van der Waals surface area (Å²) in [6.45, 7) is 1.85. The number of halogens is 2. The Morgan fingerprint density at radius 1 is 1.00 bits per heavy atom. The highest BCUT2D eigenvalue weighted by atomic mass is 35.5. The first-order valence-corrected chi connectivity index (χ1v) is 9.84. The van der Waals surface area contributed by atoms with E-state index < -0.39 is 17.8 Å². The molecule has 3 aromatic rings. The van der Waals surface area contributed by atoms with E-state index >= 15 is 0 Å². The number of hydrogen-bond acceptors (Lipinski definition) is 3. The van der Waals surface area contributed by atoms with Crippen molar-refractivity contribution in [2.24, 2.45) is 0 Å². The molecular formula is C22H19ClFN3O2S. The van der Waals surface area contributed by atoms with Gasteiger partial charge in [-0.05, 0) is 61.0 Å². The minimum atomic E-state index is -0.598. The molecule has 30 heavy (non-hydrogen) atoms. The lowest BCUT2D eigenvalue weighted by Crippen LogP contribution is -2.35. The number of benzene rings is 3. The third-order valence-electron chi connectivity index (χ3n) is 4.39. The van der Waals surface area contributed by atoms with Crippen molar-refractivity contribution in [2.75, 3.05) is 9.62 Å². The number of rotatable bonds is 5. The predicted octanol–water partition coefficient (Wildman–Crippen LogP) is 5.85. The van der Waals surface area contributed by atoms with Crippen LogP contribution < -0.4 is 14.9 Å². The number of carbonyl (C=O) groups is 2. The fourth-order valence-corrected chi connectivity index (χ4v) is 3.05. The molecule has 154 valence electrons. The Balaban J connectivity index is 1.62. The molecule has 2 N–H and O–H groups in total. The average Bonchev–Trinajstić information content (AvgIpc) is 2.74. The van der Waals surface area contributed by atoms with E-state index in [2.05, 4.69) is 23.4 Å². The summed E-state index contributed by atoms with van der Waals surface area (Å²) in [5.74, 6) is -1.15. The van der Waals surface area contributed by atoms with Gasteiger partial charge >= 0.3 is 6.03 Å². The number of thiol groups is 1. The van der Waals surface area contributed by atoms with Crippen LogP contribution >= 0.6 is 24.4 Å². The SMILES string of the molecule is C[C@@H](NC(=O)N(S)c1ccc(NC(=O)c2ccccc2F)cc1)c1ccc(Cl)cc1. The lowest BCUT2D eigenvalue weighted by Gasteiger charge is -2.21. The molecule has 3 aromatic carbocycles. The standard InChI is InChI=1S/C22H19ClFN3O2S/c1-14(15-6-8-16(23)9-7-15)25-22(29)27(30)18-12-10-17(11-13-18)26-21(28)19-4-2-3-5-20(19)24/h2-14,30H,1H3,(H,25,29)(H,26,28)/t14-/m1/s1. The summed E-state index contributed by atoms with van der Waals surface area (Å²) < 4.78 is 14.9. The van der Waals surface area contributed by atoms with Crippen molar-refractivity contribution in [3.63, 3.8) is 0 Å². The average molecular weight is 444 g/mol. The molecule has 5 nitrogen and oxygen atoms in total. The molecule has 0 spiro atoms. The van der Waals surface area contributed by atoms with E-state index in [0.717, 1.165) is 9.87 Å². The minimum Gasteiger partial charge on any atom is -0.330 e. The maximum Gasteiger partial charge on any atom is 0.332 e. The summed E-state index contributed by atoms with van der Waals surface area (Å²) in [5.41, 5.74) is 1.82. The van der Waals surface area contributed by atoms with Gasteiger partial charge in [-0.25, -0.2) is 13.5 Å². The number of anilines is 2. The molecule has 3 rings (SSSR count). The van der Waals surface area contributed by atoms with Crippen LogP contribution in [0.15, 0.2) is 72.8 Å². The van der Waals surface area contributed by atoms with Gasteiger partial charge in [-0.2, -0.15) is 0 Å². The Kier molecular flexibility index (Phi) is 6.97. The van der Waals surface area contributed by atoms with E-state index in [1.165, 1.54) is 18.2 Å². The lowest BCUT2D eigenvalue weighted by molar-refractivity contribution is 0.102. The Morgan fingerprint density at radius 3 is 2.27 bits per heavy atom. The molecule has 0 aliphatic carbocycles. The number of urea groups is 1. The second-order valence-corrected chi connectivity index (χ2v) is 7.35. The highest BCUT2D eigenvalue weighted by molar-refractivity contribution is 7.82. The molecule has 8 heteroatoms. The molecular weight excluding hydrogens is 425 g/mol. The van der Waals surface area contributed by atoms with Crippen LogP contribution in [0.2, 0.25) is 5.02 Å². The minimum absolute atomic E-state index is 0.0482. The van der Waals surface area contributed by atoms with Crippen molar-refractivity contribution in [1.82, 2.24) is 5.32 Å².